The Morgan fingerprint density at radius 3 is 0.714 bits per heavy atom. The van der Waals surface area contributed by atoms with E-state index in [2.05, 4.69) is 87.2 Å². The Labute approximate surface area is 106 Å². The zero-order chi connectivity index (χ0) is 12.0. The molecule has 2 atom stereocenters. The van der Waals surface area contributed by atoms with E-state index in [1.165, 1.54) is 0 Å². The maximum atomic E-state index is 3.91. The molecule has 0 heterocycles. The molecule has 0 spiro atoms. The summed E-state index contributed by atoms with van der Waals surface area (Å²) < 4.78 is 0.0938. The minimum atomic E-state index is 0.0469. The topological polar surface area (TPSA) is 0 Å². The van der Waals surface area contributed by atoms with Crippen LogP contribution in [0.2, 0.25) is 0 Å². The lowest BCUT2D eigenvalue weighted by Crippen LogP contribution is -2.56. The zero-order valence-corrected chi connectivity index (χ0v) is 13.9. The highest BCUT2D eigenvalue weighted by molar-refractivity contribution is 9.13. The van der Waals surface area contributed by atoms with Crippen molar-refractivity contribution in [1.82, 2.24) is 0 Å². The molecule has 0 aliphatic heterocycles. The third kappa shape index (κ3) is 2.37. The van der Waals surface area contributed by atoms with Gasteiger partial charge in [-0.2, -0.15) is 0 Å². The summed E-state index contributed by atoms with van der Waals surface area (Å²) >= 11 is 7.83. The van der Waals surface area contributed by atoms with Crippen LogP contribution in [0.4, 0.5) is 0 Å². The SMILES string of the molecule is CC(C)(C)C(C)(Br)C(C)(Br)C(C)(C)C. The summed E-state index contributed by atoms with van der Waals surface area (Å²) in [6, 6.07) is 0. The third-order valence-electron chi connectivity index (χ3n) is 3.70. The standard InChI is InChI=1S/C12H24Br2/c1-9(2,3)11(7,13)12(8,14)10(4,5)6/h1-8H3. The van der Waals surface area contributed by atoms with Crippen LogP contribution in [-0.2, 0) is 0 Å². The van der Waals surface area contributed by atoms with E-state index in [1.807, 2.05) is 0 Å². The molecule has 0 bridgehead atoms. The van der Waals surface area contributed by atoms with Gasteiger partial charge in [-0.05, 0) is 24.7 Å². The van der Waals surface area contributed by atoms with E-state index in [4.69, 9.17) is 0 Å². The van der Waals surface area contributed by atoms with Crippen LogP contribution in [0.5, 0.6) is 0 Å². The molecule has 86 valence electrons. The summed E-state index contributed by atoms with van der Waals surface area (Å²) in [4.78, 5) is 0. The van der Waals surface area contributed by atoms with Crippen LogP contribution < -0.4 is 0 Å². The fraction of sp³-hybridized carbons (Fsp3) is 1.00. The van der Waals surface area contributed by atoms with Gasteiger partial charge >= 0.3 is 0 Å². The summed E-state index contributed by atoms with van der Waals surface area (Å²) in [5, 5.41) is 0. The molecule has 0 fully saturated rings. The minimum Gasteiger partial charge on any atom is -0.0835 e. The Balaban J connectivity index is 5.30. The van der Waals surface area contributed by atoms with Crippen LogP contribution >= 0.6 is 31.9 Å². The molecule has 2 unspecified atom stereocenters. The first kappa shape index (κ1) is 15.0. The fourth-order valence-corrected chi connectivity index (χ4v) is 2.60. The van der Waals surface area contributed by atoms with Gasteiger partial charge in [-0.25, -0.2) is 0 Å². The Hall–Kier alpha value is 0.960. The molecule has 0 saturated carbocycles. The third-order valence-corrected chi connectivity index (χ3v) is 8.20. The summed E-state index contributed by atoms with van der Waals surface area (Å²) in [5.74, 6) is 0. The van der Waals surface area contributed by atoms with Crippen molar-refractivity contribution in [3.63, 3.8) is 0 Å². The molecule has 0 aliphatic rings. The largest absolute Gasteiger partial charge is 0.0835 e. The molecule has 0 nitrogen and oxygen atoms in total. The zero-order valence-electron chi connectivity index (χ0n) is 10.8. The van der Waals surface area contributed by atoms with Crippen LogP contribution in [0.1, 0.15) is 55.4 Å². The second-order valence-electron chi connectivity index (χ2n) is 6.51. The van der Waals surface area contributed by atoms with E-state index in [0.29, 0.717) is 0 Å². The molecule has 0 aromatic rings. The second-order valence-corrected chi connectivity index (χ2v) is 9.68. The molecule has 0 rings (SSSR count). The molecule has 0 N–H and O–H groups in total. The van der Waals surface area contributed by atoms with Gasteiger partial charge in [0.05, 0.1) is 0 Å². The molecule has 0 amide bonds. The summed E-state index contributed by atoms with van der Waals surface area (Å²) in [6.07, 6.45) is 0. The smallest absolute Gasteiger partial charge is 0.0433 e. The van der Waals surface area contributed by atoms with Crippen molar-refractivity contribution < 1.29 is 0 Å². The van der Waals surface area contributed by atoms with Gasteiger partial charge in [0.15, 0.2) is 0 Å². The van der Waals surface area contributed by atoms with E-state index in [0.717, 1.165) is 0 Å². The van der Waals surface area contributed by atoms with Crippen LogP contribution in [0.3, 0.4) is 0 Å². The highest BCUT2D eigenvalue weighted by Crippen LogP contribution is 2.56. The van der Waals surface area contributed by atoms with Crippen molar-refractivity contribution >= 4 is 31.9 Å². The van der Waals surface area contributed by atoms with Crippen LogP contribution in [0.15, 0.2) is 0 Å². The van der Waals surface area contributed by atoms with Gasteiger partial charge in [0.1, 0.15) is 0 Å². The van der Waals surface area contributed by atoms with Gasteiger partial charge in [0.25, 0.3) is 0 Å². The Morgan fingerprint density at radius 1 is 0.500 bits per heavy atom. The van der Waals surface area contributed by atoms with E-state index in [1.54, 1.807) is 0 Å². The second kappa shape index (κ2) is 3.76. The molecule has 0 radical (unpaired) electrons. The number of rotatable bonds is 1. The van der Waals surface area contributed by atoms with Gasteiger partial charge in [-0.15, -0.1) is 0 Å². The fourth-order valence-electron chi connectivity index (χ4n) is 1.41. The molecule has 14 heavy (non-hydrogen) atoms. The summed E-state index contributed by atoms with van der Waals surface area (Å²) in [6.45, 7) is 18.2. The van der Waals surface area contributed by atoms with E-state index < -0.39 is 0 Å². The minimum absolute atomic E-state index is 0.0469. The van der Waals surface area contributed by atoms with Gasteiger partial charge in [0.2, 0.25) is 0 Å². The Morgan fingerprint density at radius 2 is 0.643 bits per heavy atom. The first-order valence-electron chi connectivity index (χ1n) is 5.13. The van der Waals surface area contributed by atoms with E-state index in [-0.39, 0.29) is 19.5 Å². The van der Waals surface area contributed by atoms with Crippen LogP contribution in [-0.4, -0.2) is 8.65 Å². The lowest BCUT2D eigenvalue weighted by Gasteiger charge is -2.53. The van der Waals surface area contributed by atoms with Crippen LogP contribution in [0.25, 0.3) is 0 Å². The van der Waals surface area contributed by atoms with E-state index >= 15 is 0 Å². The average Bonchev–Trinajstić information content (AvgIpc) is 1.81. The van der Waals surface area contributed by atoms with Crippen LogP contribution in [0, 0.1) is 10.8 Å². The van der Waals surface area contributed by atoms with Crippen molar-refractivity contribution in [3.05, 3.63) is 0 Å². The number of hydrogen-bond donors (Lipinski definition) is 0. The molecule has 0 aliphatic carbocycles. The van der Waals surface area contributed by atoms with E-state index in [9.17, 15) is 0 Å². The number of alkyl halides is 2. The lowest BCUT2D eigenvalue weighted by molar-refractivity contribution is 0.170. The maximum Gasteiger partial charge on any atom is 0.0433 e. The molecular formula is C12H24Br2. The predicted molar refractivity (Wildman–Crippen MR) is 73.6 cm³/mol. The van der Waals surface area contributed by atoms with Gasteiger partial charge < -0.3 is 0 Å². The number of hydrogen-bond acceptors (Lipinski definition) is 0. The van der Waals surface area contributed by atoms with Crippen molar-refractivity contribution in [2.24, 2.45) is 10.8 Å². The highest BCUT2D eigenvalue weighted by Gasteiger charge is 2.54. The van der Waals surface area contributed by atoms with Crippen molar-refractivity contribution in [3.8, 4) is 0 Å². The molecule has 0 saturated heterocycles. The normalized spacial score (nSPS) is 22.7. The predicted octanol–water partition coefficient (Wildman–Crippen LogP) is 5.39. The molecular weight excluding hydrogens is 304 g/mol. The molecule has 0 aromatic heterocycles. The van der Waals surface area contributed by atoms with Gasteiger partial charge in [-0.3, -0.25) is 0 Å². The van der Waals surface area contributed by atoms with Crippen molar-refractivity contribution in [2.45, 2.75) is 64.0 Å². The quantitative estimate of drug-likeness (QED) is 0.567. The molecule has 0 aromatic carbocycles. The highest BCUT2D eigenvalue weighted by atomic mass is 79.9. The summed E-state index contributed by atoms with van der Waals surface area (Å²) in [7, 11) is 0. The number of halogens is 2. The Bertz CT molecular complexity index is 177. The average molecular weight is 328 g/mol. The van der Waals surface area contributed by atoms with Gasteiger partial charge in [-0.1, -0.05) is 73.4 Å². The maximum absolute atomic E-state index is 3.91. The first-order chi connectivity index (χ1) is 5.75. The monoisotopic (exact) mass is 326 g/mol. The van der Waals surface area contributed by atoms with Crippen molar-refractivity contribution in [2.75, 3.05) is 0 Å². The first-order valence-corrected chi connectivity index (χ1v) is 6.71. The lowest BCUT2D eigenvalue weighted by atomic mass is 9.65. The molecule has 2 heteroatoms. The van der Waals surface area contributed by atoms with Gasteiger partial charge in [0, 0.05) is 8.65 Å². The Kier molecular flexibility index (Phi) is 4.02. The van der Waals surface area contributed by atoms with Crippen molar-refractivity contribution in [1.29, 1.82) is 0 Å². The summed E-state index contributed by atoms with van der Waals surface area (Å²) in [5.41, 5.74) is 0.414.